The molecular weight excluding hydrogens is 506 g/mol. The topological polar surface area (TPSA) is 98.6 Å². The van der Waals surface area contributed by atoms with Crippen LogP contribution in [0.15, 0.2) is 60.7 Å². The molecule has 9 heteroatoms. The van der Waals surface area contributed by atoms with Crippen molar-refractivity contribution in [3.63, 3.8) is 0 Å². The van der Waals surface area contributed by atoms with Crippen molar-refractivity contribution in [3.05, 3.63) is 77.4 Å². The maximum atomic E-state index is 14.4. The molecule has 0 spiro atoms. The molecule has 2 amide bonds. The number of ether oxygens (including phenoxy) is 2. The summed E-state index contributed by atoms with van der Waals surface area (Å²) < 4.78 is 12.8. The highest BCUT2D eigenvalue weighted by molar-refractivity contribution is 6.02. The zero-order valence-electron chi connectivity index (χ0n) is 23.4. The second kappa shape index (κ2) is 11.8. The highest BCUT2D eigenvalue weighted by atomic mass is 16.5. The lowest BCUT2D eigenvalue weighted by atomic mass is 9.98. The second-order valence-electron chi connectivity index (χ2n) is 10.2. The zero-order valence-corrected chi connectivity index (χ0v) is 23.4. The number of benzene rings is 3. The van der Waals surface area contributed by atoms with Gasteiger partial charge in [0.15, 0.2) is 0 Å². The number of carbonyl (C=O) groups is 2. The quantitative estimate of drug-likeness (QED) is 0.324. The zero-order chi connectivity index (χ0) is 28.2. The summed E-state index contributed by atoms with van der Waals surface area (Å²) in [6.45, 7) is 3.85. The van der Waals surface area contributed by atoms with Crippen molar-refractivity contribution in [3.8, 4) is 11.5 Å². The predicted octanol–water partition coefficient (Wildman–Crippen LogP) is 4.90. The first-order valence-corrected chi connectivity index (χ1v) is 13.6. The van der Waals surface area contributed by atoms with Crippen LogP contribution in [0.1, 0.15) is 48.4 Å². The average molecular weight is 542 g/mol. The molecule has 0 unspecified atom stereocenters. The second-order valence-corrected chi connectivity index (χ2v) is 10.2. The summed E-state index contributed by atoms with van der Waals surface area (Å²) in [5.41, 5.74) is 4.52. The fraction of sp³-hybridized carbons (Fsp3) is 0.355. The summed E-state index contributed by atoms with van der Waals surface area (Å²) in [5, 5.41) is 11.7. The third-order valence-corrected chi connectivity index (χ3v) is 7.75. The number of nitrogens with zero attached hydrogens (tertiary/aromatic N) is 4. The number of hydrogen-bond donors (Lipinski definition) is 1. The van der Waals surface area contributed by atoms with Crippen molar-refractivity contribution in [1.29, 1.82) is 0 Å². The first-order valence-electron chi connectivity index (χ1n) is 13.6. The number of amides is 2. The Morgan fingerprint density at radius 1 is 1.02 bits per heavy atom. The van der Waals surface area contributed by atoms with Crippen LogP contribution in [0, 0.1) is 13.8 Å². The molecule has 0 aliphatic heterocycles. The molecule has 1 atom stereocenters. The van der Waals surface area contributed by atoms with Gasteiger partial charge in [0.05, 0.1) is 19.7 Å². The molecule has 1 saturated carbocycles. The van der Waals surface area contributed by atoms with Crippen molar-refractivity contribution < 1.29 is 19.1 Å². The summed E-state index contributed by atoms with van der Waals surface area (Å²) >= 11 is 0. The minimum atomic E-state index is -1.02. The average Bonchev–Trinajstić information content (AvgIpc) is 3.63. The Morgan fingerprint density at radius 3 is 2.55 bits per heavy atom. The van der Waals surface area contributed by atoms with Gasteiger partial charge in [0.2, 0.25) is 11.8 Å². The number of nitrogens with one attached hydrogen (secondary N) is 1. The van der Waals surface area contributed by atoms with Crippen LogP contribution in [0.2, 0.25) is 0 Å². The van der Waals surface area contributed by atoms with Gasteiger partial charge in [-0.2, -0.15) is 0 Å². The molecule has 9 nitrogen and oxygen atoms in total. The van der Waals surface area contributed by atoms with Crippen LogP contribution < -0.4 is 19.7 Å². The summed E-state index contributed by atoms with van der Waals surface area (Å²) in [7, 11) is 3.13. The lowest BCUT2D eigenvalue weighted by molar-refractivity contribution is -0.127. The van der Waals surface area contributed by atoms with Crippen molar-refractivity contribution in [1.82, 2.24) is 20.3 Å². The Morgan fingerprint density at radius 2 is 1.80 bits per heavy atom. The SMILES string of the molecule is COc1ccc(OC)c([C@@H](C(=O)NC2CCCC2)N(C(=O)Cn2nnc3ccccc32)c2cccc(C)c2C)c1. The normalized spacial score (nSPS) is 14.2. The summed E-state index contributed by atoms with van der Waals surface area (Å²) in [6, 6.07) is 17.6. The van der Waals surface area contributed by atoms with Gasteiger partial charge >= 0.3 is 0 Å². The molecule has 0 saturated heterocycles. The number of aryl methyl sites for hydroxylation is 1. The highest BCUT2D eigenvalue weighted by Gasteiger charge is 2.37. The predicted molar refractivity (Wildman–Crippen MR) is 154 cm³/mol. The van der Waals surface area contributed by atoms with E-state index >= 15 is 0 Å². The fourth-order valence-electron chi connectivity index (χ4n) is 5.45. The van der Waals surface area contributed by atoms with Gasteiger partial charge in [0, 0.05) is 17.3 Å². The molecule has 1 aromatic heterocycles. The lowest BCUT2D eigenvalue weighted by Gasteiger charge is -2.34. The molecule has 40 heavy (non-hydrogen) atoms. The van der Waals surface area contributed by atoms with Crippen LogP contribution in [0.4, 0.5) is 5.69 Å². The molecule has 1 N–H and O–H groups in total. The van der Waals surface area contributed by atoms with Gasteiger partial charge in [-0.25, -0.2) is 4.68 Å². The van der Waals surface area contributed by atoms with Crippen LogP contribution in [-0.2, 0) is 16.1 Å². The minimum Gasteiger partial charge on any atom is -0.497 e. The standard InChI is InChI=1S/C31H35N5O4/c1-20-10-9-15-26(21(20)2)36(29(37)19-35-27-14-8-7-13-25(27)33-34-35)30(31(38)32-22-11-5-6-12-22)24-18-23(39-3)16-17-28(24)40-4/h7-10,13-18,22,30H,5-6,11-12,19H2,1-4H3,(H,32,38)/t30-/m0/s1. The Labute approximate surface area is 234 Å². The third kappa shape index (κ3) is 5.36. The number of carbonyl (C=O) groups excluding carboxylic acids is 2. The number of hydrogen-bond acceptors (Lipinski definition) is 6. The fourth-order valence-corrected chi connectivity index (χ4v) is 5.45. The van der Waals surface area contributed by atoms with E-state index < -0.39 is 6.04 Å². The Bertz CT molecular complexity index is 1530. The van der Waals surface area contributed by atoms with E-state index in [9.17, 15) is 9.59 Å². The maximum absolute atomic E-state index is 14.4. The number of fused-ring (bicyclic) bond motifs is 1. The van der Waals surface area contributed by atoms with Gasteiger partial charge in [0.1, 0.15) is 29.6 Å². The third-order valence-electron chi connectivity index (χ3n) is 7.75. The number of anilines is 1. The molecule has 208 valence electrons. The number of aromatic nitrogens is 3. The van der Waals surface area contributed by atoms with Gasteiger partial charge in [0.25, 0.3) is 0 Å². The smallest absolute Gasteiger partial charge is 0.249 e. The number of methoxy groups -OCH3 is 2. The minimum absolute atomic E-state index is 0.0569. The number of para-hydroxylation sites is 1. The van der Waals surface area contributed by atoms with Crippen molar-refractivity contribution in [2.75, 3.05) is 19.1 Å². The van der Waals surface area contributed by atoms with E-state index in [0.29, 0.717) is 28.3 Å². The molecule has 1 aliphatic rings. The largest absolute Gasteiger partial charge is 0.497 e. The molecule has 5 rings (SSSR count). The van der Waals surface area contributed by atoms with Gasteiger partial charge in [-0.05, 0) is 74.2 Å². The Hall–Kier alpha value is -4.40. The monoisotopic (exact) mass is 541 g/mol. The van der Waals surface area contributed by atoms with Crippen LogP contribution in [0.25, 0.3) is 11.0 Å². The molecule has 4 aromatic rings. The summed E-state index contributed by atoms with van der Waals surface area (Å²) in [4.78, 5) is 30.3. The summed E-state index contributed by atoms with van der Waals surface area (Å²) in [6.07, 6.45) is 3.96. The van der Waals surface area contributed by atoms with E-state index in [2.05, 4.69) is 15.6 Å². The lowest BCUT2D eigenvalue weighted by Crippen LogP contribution is -2.47. The van der Waals surface area contributed by atoms with Crippen molar-refractivity contribution >= 4 is 28.5 Å². The van der Waals surface area contributed by atoms with Crippen molar-refractivity contribution in [2.24, 2.45) is 0 Å². The molecule has 0 bridgehead atoms. The molecule has 1 heterocycles. The van der Waals surface area contributed by atoms with Gasteiger partial charge in [-0.3, -0.25) is 14.5 Å². The number of rotatable bonds is 9. The first-order chi connectivity index (χ1) is 19.4. The van der Waals surface area contributed by atoms with E-state index in [-0.39, 0.29) is 24.4 Å². The Balaban J connectivity index is 1.67. The first kappa shape index (κ1) is 27.2. The van der Waals surface area contributed by atoms with Crippen LogP contribution in [-0.4, -0.2) is 47.1 Å². The van der Waals surface area contributed by atoms with Gasteiger partial charge < -0.3 is 14.8 Å². The molecule has 1 aliphatic carbocycles. The van der Waals surface area contributed by atoms with Crippen LogP contribution in [0.3, 0.4) is 0 Å². The van der Waals surface area contributed by atoms with E-state index in [1.165, 1.54) is 0 Å². The van der Waals surface area contributed by atoms with Gasteiger partial charge in [-0.1, -0.05) is 42.3 Å². The summed E-state index contributed by atoms with van der Waals surface area (Å²) in [5.74, 6) is 0.476. The molecule has 1 fully saturated rings. The van der Waals surface area contributed by atoms with E-state index in [4.69, 9.17) is 9.47 Å². The van der Waals surface area contributed by atoms with Crippen molar-refractivity contribution in [2.45, 2.75) is 58.2 Å². The van der Waals surface area contributed by atoms with Gasteiger partial charge in [-0.15, -0.1) is 5.10 Å². The Kier molecular flexibility index (Phi) is 8.00. The van der Waals surface area contributed by atoms with Crippen LogP contribution in [0.5, 0.6) is 11.5 Å². The van der Waals surface area contributed by atoms with E-state index in [1.54, 1.807) is 42.0 Å². The molecular formula is C31H35N5O4. The molecule has 3 aromatic carbocycles. The van der Waals surface area contributed by atoms with E-state index in [1.807, 2.05) is 56.3 Å². The van der Waals surface area contributed by atoms with E-state index in [0.717, 1.165) is 42.3 Å². The highest BCUT2D eigenvalue weighted by Crippen LogP contribution is 2.38. The maximum Gasteiger partial charge on any atom is 0.249 e. The van der Waals surface area contributed by atoms with Crippen LogP contribution >= 0.6 is 0 Å². The molecule has 0 radical (unpaired) electrons.